The van der Waals surface area contributed by atoms with Crippen LogP contribution in [0.3, 0.4) is 0 Å². The molecule has 1 aromatic heterocycles. The van der Waals surface area contributed by atoms with E-state index in [1.54, 1.807) is 0 Å². The van der Waals surface area contributed by atoms with Crippen LogP contribution in [0.1, 0.15) is 38.2 Å². The van der Waals surface area contributed by atoms with Crippen molar-refractivity contribution in [1.82, 2.24) is 19.7 Å². The predicted molar refractivity (Wildman–Crippen MR) is 162 cm³/mol. The molecule has 1 unspecified atom stereocenters. The molecule has 40 heavy (non-hydrogen) atoms. The highest BCUT2D eigenvalue weighted by atomic mass is 16.2. The number of hydrogen-bond donors (Lipinski definition) is 1. The van der Waals surface area contributed by atoms with Crippen molar-refractivity contribution < 1.29 is 9.59 Å². The van der Waals surface area contributed by atoms with Crippen LogP contribution in [0.4, 0.5) is 11.6 Å². The molecule has 4 heterocycles. The van der Waals surface area contributed by atoms with E-state index in [-0.39, 0.29) is 5.91 Å². The molecule has 0 saturated carbocycles. The molecule has 1 aliphatic carbocycles. The van der Waals surface area contributed by atoms with Gasteiger partial charge in [0, 0.05) is 75.7 Å². The van der Waals surface area contributed by atoms with Crippen LogP contribution in [-0.4, -0.2) is 83.9 Å². The Kier molecular flexibility index (Phi) is 8.85. The second-order valence-electron chi connectivity index (χ2n) is 11.3. The molecule has 2 fully saturated rings. The third-order valence-corrected chi connectivity index (χ3v) is 8.27. The van der Waals surface area contributed by atoms with Crippen molar-refractivity contribution in [3.05, 3.63) is 72.6 Å². The molecule has 1 atom stereocenters. The Morgan fingerprint density at radius 2 is 1.90 bits per heavy atom. The lowest BCUT2D eigenvalue weighted by atomic mass is 9.95. The van der Waals surface area contributed by atoms with Gasteiger partial charge in [-0.15, -0.1) is 0 Å². The first-order valence-corrected chi connectivity index (χ1v) is 14.7. The van der Waals surface area contributed by atoms with E-state index >= 15 is 0 Å². The van der Waals surface area contributed by atoms with Gasteiger partial charge in [0.15, 0.2) is 0 Å². The number of carbonyl (C=O) groups excluding carboxylic acids is 2. The number of amides is 2. The van der Waals surface area contributed by atoms with Gasteiger partial charge in [-0.25, -0.2) is 4.98 Å². The minimum Gasteiger partial charge on any atom is -0.340 e. The lowest BCUT2D eigenvalue weighted by Gasteiger charge is -2.40. The van der Waals surface area contributed by atoms with Crippen molar-refractivity contribution in [2.75, 3.05) is 62.6 Å². The summed E-state index contributed by atoms with van der Waals surface area (Å²) in [5, 5.41) is 3.54. The summed E-state index contributed by atoms with van der Waals surface area (Å²) >= 11 is 0. The van der Waals surface area contributed by atoms with E-state index in [0.29, 0.717) is 24.2 Å². The van der Waals surface area contributed by atoms with Crippen molar-refractivity contribution in [1.29, 1.82) is 0 Å². The number of allylic oxidation sites excluding steroid dienone is 3. The monoisotopic (exact) mass is 542 g/mol. The summed E-state index contributed by atoms with van der Waals surface area (Å²) in [6.07, 6.45) is 15.8. The maximum Gasteiger partial charge on any atom is 0.245 e. The Labute approximate surface area is 238 Å². The number of pyridine rings is 1. The predicted octanol–water partition coefficient (Wildman–Crippen LogP) is 4.28. The Hall–Kier alpha value is -3.65. The van der Waals surface area contributed by atoms with E-state index in [1.165, 1.54) is 6.08 Å². The number of likely N-dealkylation sites (tertiary alicyclic amines) is 1. The van der Waals surface area contributed by atoms with Gasteiger partial charge in [-0.3, -0.25) is 14.5 Å². The third-order valence-electron chi connectivity index (χ3n) is 8.27. The molecule has 0 bridgehead atoms. The molecule has 212 valence electrons. The van der Waals surface area contributed by atoms with Crippen molar-refractivity contribution in [3.8, 4) is 0 Å². The second-order valence-corrected chi connectivity index (χ2v) is 11.3. The number of aromatic nitrogens is 1. The molecule has 3 aliphatic heterocycles. The second kappa shape index (κ2) is 12.7. The van der Waals surface area contributed by atoms with Crippen LogP contribution in [0, 0.1) is 11.8 Å². The number of fused-ring (bicyclic) bond motifs is 1. The van der Waals surface area contributed by atoms with E-state index in [2.05, 4.69) is 65.6 Å². The highest BCUT2D eigenvalue weighted by Crippen LogP contribution is 2.32. The van der Waals surface area contributed by atoms with E-state index in [1.807, 2.05) is 21.9 Å². The maximum atomic E-state index is 12.2. The van der Waals surface area contributed by atoms with Gasteiger partial charge in [0.1, 0.15) is 11.6 Å². The van der Waals surface area contributed by atoms with Gasteiger partial charge < -0.3 is 20.0 Å². The summed E-state index contributed by atoms with van der Waals surface area (Å²) in [5.41, 5.74) is 3.08. The zero-order chi connectivity index (χ0) is 28.1. The first-order valence-electron chi connectivity index (χ1n) is 14.7. The summed E-state index contributed by atoms with van der Waals surface area (Å²) in [4.78, 5) is 37.5. The Morgan fingerprint density at radius 3 is 2.65 bits per heavy atom. The van der Waals surface area contributed by atoms with Gasteiger partial charge in [-0.05, 0) is 67.5 Å². The summed E-state index contributed by atoms with van der Waals surface area (Å²) < 4.78 is 0. The minimum atomic E-state index is 0.0130. The molecule has 4 aliphatic rings. The molecular formula is C32H42N6O2. The fourth-order valence-corrected chi connectivity index (χ4v) is 5.90. The van der Waals surface area contributed by atoms with Gasteiger partial charge in [0.05, 0.1) is 0 Å². The first-order chi connectivity index (χ1) is 19.4. The fourth-order valence-electron chi connectivity index (χ4n) is 5.90. The molecule has 0 spiro atoms. The lowest BCUT2D eigenvalue weighted by Crippen LogP contribution is -2.50. The molecular weight excluding hydrogens is 500 g/mol. The lowest BCUT2D eigenvalue weighted by molar-refractivity contribution is -0.133. The average molecular weight is 543 g/mol. The molecule has 1 aromatic rings. The van der Waals surface area contributed by atoms with Gasteiger partial charge in [0.25, 0.3) is 0 Å². The third kappa shape index (κ3) is 6.55. The molecule has 2 saturated heterocycles. The number of nitrogens with one attached hydrogen (secondary N) is 1. The van der Waals surface area contributed by atoms with Crippen LogP contribution in [-0.2, 0) is 9.59 Å². The largest absolute Gasteiger partial charge is 0.340 e. The van der Waals surface area contributed by atoms with Crippen LogP contribution in [0.2, 0.25) is 0 Å². The topological polar surface area (TPSA) is 72.0 Å². The van der Waals surface area contributed by atoms with E-state index in [4.69, 9.17) is 4.98 Å². The smallest absolute Gasteiger partial charge is 0.245 e. The van der Waals surface area contributed by atoms with Crippen molar-refractivity contribution in [3.63, 3.8) is 0 Å². The standard InChI is InChI=1S/C32H42N6O2/c1-4-7-31(40)36-18-16-35(17-19-36)21-25-8-6-9-28(20-25)33-29-13-12-27-11-10-24(3)38(32(27)34-29)15-14-26-22-37(23-26)30(39)5-2/h5-6,9-13,20,25-26H,2-4,7-8,14-19,21-23H2,1H3,(H,33,34). The van der Waals surface area contributed by atoms with Crippen molar-refractivity contribution >= 4 is 29.5 Å². The van der Waals surface area contributed by atoms with Crippen molar-refractivity contribution in [2.45, 2.75) is 32.6 Å². The molecule has 0 radical (unpaired) electrons. The minimum absolute atomic E-state index is 0.0130. The Bertz CT molecular complexity index is 1220. The van der Waals surface area contributed by atoms with Crippen LogP contribution in [0.25, 0.3) is 6.08 Å². The van der Waals surface area contributed by atoms with Crippen LogP contribution in [0.15, 0.2) is 67.1 Å². The molecule has 2 amide bonds. The number of piperazine rings is 1. The highest BCUT2D eigenvalue weighted by Gasteiger charge is 2.30. The van der Waals surface area contributed by atoms with Crippen LogP contribution < -0.4 is 10.2 Å². The summed E-state index contributed by atoms with van der Waals surface area (Å²) in [6, 6.07) is 4.14. The number of anilines is 2. The Balaban J connectivity index is 1.17. The van der Waals surface area contributed by atoms with Gasteiger partial charge in [-0.2, -0.15) is 0 Å². The van der Waals surface area contributed by atoms with Gasteiger partial charge >= 0.3 is 0 Å². The normalized spacial score (nSPS) is 21.1. The maximum absolute atomic E-state index is 12.2. The summed E-state index contributed by atoms with van der Waals surface area (Å²) in [6.45, 7) is 16.8. The average Bonchev–Trinajstić information content (AvgIpc) is 2.93. The zero-order valence-corrected chi connectivity index (χ0v) is 23.7. The van der Waals surface area contributed by atoms with E-state index in [9.17, 15) is 9.59 Å². The quantitative estimate of drug-likeness (QED) is 0.445. The summed E-state index contributed by atoms with van der Waals surface area (Å²) in [7, 11) is 0. The first kappa shape index (κ1) is 27.9. The number of nitrogens with zero attached hydrogens (tertiary/aromatic N) is 5. The fraction of sp³-hybridized carbons (Fsp3) is 0.469. The molecule has 8 nitrogen and oxygen atoms in total. The van der Waals surface area contributed by atoms with E-state index in [0.717, 1.165) is 100 Å². The number of carbonyl (C=O) groups is 2. The zero-order valence-electron chi connectivity index (χ0n) is 23.7. The number of hydrogen-bond acceptors (Lipinski definition) is 6. The summed E-state index contributed by atoms with van der Waals surface area (Å²) in [5.74, 6) is 2.96. The molecule has 0 aromatic carbocycles. The van der Waals surface area contributed by atoms with Crippen molar-refractivity contribution in [2.24, 2.45) is 11.8 Å². The van der Waals surface area contributed by atoms with Crippen LogP contribution >= 0.6 is 0 Å². The van der Waals surface area contributed by atoms with Gasteiger partial charge in [-0.1, -0.05) is 32.2 Å². The highest BCUT2D eigenvalue weighted by molar-refractivity contribution is 5.87. The SMILES string of the molecule is C=CC(=O)N1CC(CCN2C(=C)C=Cc3ccc(NC4=CC(CN5CCN(C(=O)CCC)CC5)CC=C4)nc32)C1. The van der Waals surface area contributed by atoms with Gasteiger partial charge in [0.2, 0.25) is 11.8 Å². The Morgan fingerprint density at radius 1 is 1.10 bits per heavy atom. The number of rotatable bonds is 10. The van der Waals surface area contributed by atoms with E-state index < -0.39 is 0 Å². The van der Waals surface area contributed by atoms with Crippen LogP contribution in [0.5, 0.6) is 0 Å². The molecule has 1 N–H and O–H groups in total. The molecule has 5 rings (SSSR count). The molecule has 8 heteroatoms.